The minimum absolute atomic E-state index is 0.0439. The zero-order valence-corrected chi connectivity index (χ0v) is 19.7. The molecule has 32 heavy (non-hydrogen) atoms. The number of carbonyl (C=O) groups is 2. The molecule has 0 unspecified atom stereocenters. The maximum absolute atomic E-state index is 13.4. The third-order valence-electron chi connectivity index (χ3n) is 5.75. The molecule has 0 fully saturated rings. The maximum atomic E-state index is 13.4. The van der Waals surface area contributed by atoms with Crippen LogP contribution in [0.2, 0.25) is 5.02 Å². The van der Waals surface area contributed by atoms with Gasteiger partial charge >= 0.3 is 0 Å². The van der Waals surface area contributed by atoms with E-state index in [9.17, 15) is 9.59 Å². The second-order valence-electron chi connectivity index (χ2n) is 8.04. The van der Waals surface area contributed by atoms with Crippen molar-refractivity contribution in [2.75, 3.05) is 6.79 Å². The Labute approximate surface area is 194 Å². The van der Waals surface area contributed by atoms with Crippen LogP contribution in [0.3, 0.4) is 0 Å². The average molecular weight is 459 g/mol. The molecular formula is C25H31ClN2O4. The highest BCUT2D eigenvalue weighted by molar-refractivity contribution is 6.31. The monoisotopic (exact) mass is 458 g/mol. The van der Waals surface area contributed by atoms with Crippen molar-refractivity contribution in [2.45, 2.75) is 65.1 Å². The Balaban J connectivity index is 1.77. The van der Waals surface area contributed by atoms with Gasteiger partial charge in [-0.05, 0) is 55.5 Å². The Morgan fingerprint density at radius 3 is 2.56 bits per heavy atom. The highest BCUT2D eigenvalue weighted by Crippen LogP contribution is 2.33. The van der Waals surface area contributed by atoms with Gasteiger partial charge in [-0.25, -0.2) is 0 Å². The molecule has 0 saturated carbocycles. The fourth-order valence-electron chi connectivity index (χ4n) is 3.66. The number of hydrogen-bond donors (Lipinski definition) is 1. The van der Waals surface area contributed by atoms with Gasteiger partial charge in [-0.2, -0.15) is 0 Å². The van der Waals surface area contributed by atoms with Crippen LogP contribution in [0, 0.1) is 0 Å². The van der Waals surface area contributed by atoms with Crippen LogP contribution in [0.15, 0.2) is 42.5 Å². The SMILES string of the molecule is CC[C@H](C(=O)N[C@@H](C)CC)N(Cc1ccccc1Cl)C(=O)CCc1ccc2c(c1)OCO2. The Morgan fingerprint density at radius 1 is 1.09 bits per heavy atom. The molecule has 0 saturated heterocycles. The van der Waals surface area contributed by atoms with E-state index in [2.05, 4.69) is 5.32 Å². The van der Waals surface area contributed by atoms with E-state index in [1.165, 1.54) is 0 Å². The molecular weight excluding hydrogens is 428 g/mol. The second kappa shape index (κ2) is 11.2. The van der Waals surface area contributed by atoms with Crippen molar-refractivity contribution in [3.8, 4) is 11.5 Å². The molecule has 0 aromatic heterocycles. The number of halogens is 1. The number of rotatable bonds is 10. The first-order valence-corrected chi connectivity index (χ1v) is 11.5. The van der Waals surface area contributed by atoms with Crippen LogP contribution in [0.5, 0.6) is 11.5 Å². The zero-order chi connectivity index (χ0) is 23.1. The van der Waals surface area contributed by atoms with Gasteiger partial charge in [0.25, 0.3) is 0 Å². The first-order chi connectivity index (χ1) is 15.4. The summed E-state index contributed by atoms with van der Waals surface area (Å²) in [6.07, 6.45) is 2.16. The van der Waals surface area contributed by atoms with Crippen molar-refractivity contribution in [3.63, 3.8) is 0 Å². The molecule has 1 heterocycles. The number of carbonyl (C=O) groups excluding carboxylic acids is 2. The lowest BCUT2D eigenvalue weighted by Crippen LogP contribution is -2.50. The third-order valence-corrected chi connectivity index (χ3v) is 6.12. The van der Waals surface area contributed by atoms with Crippen molar-refractivity contribution in [3.05, 3.63) is 58.6 Å². The highest BCUT2D eigenvalue weighted by Gasteiger charge is 2.29. The van der Waals surface area contributed by atoms with E-state index in [-0.39, 0.29) is 37.6 Å². The number of ether oxygens (including phenoxy) is 2. The van der Waals surface area contributed by atoms with Crippen LogP contribution in [0.4, 0.5) is 0 Å². The number of amides is 2. The Hall–Kier alpha value is -2.73. The van der Waals surface area contributed by atoms with Crippen LogP contribution in [-0.2, 0) is 22.6 Å². The smallest absolute Gasteiger partial charge is 0.243 e. The summed E-state index contributed by atoms with van der Waals surface area (Å²) in [6, 6.07) is 12.6. The molecule has 2 amide bonds. The van der Waals surface area contributed by atoms with Crippen LogP contribution in [-0.4, -0.2) is 35.6 Å². The van der Waals surface area contributed by atoms with Crippen molar-refractivity contribution >= 4 is 23.4 Å². The van der Waals surface area contributed by atoms with E-state index in [0.717, 1.165) is 17.5 Å². The Bertz CT molecular complexity index is 949. The zero-order valence-electron chi connectivity index (χ0n) is 18.9. The molecule has 0 spiro atoms. The molecule has 7 heteroatoms. The quantitative estimate of drug-likeness (QED) is 0.559. The molecule has 1 aliphatic heterocycles. The maximum Gasteiger partial charge on any atom is 0.243 e. The molecule has 1 N–H and O–H groups in total. The minimum atomic E-state index is -0.565. The van der Waals surface area contributed by atoms with E-state index in [1.807, 2.05) is 57.2 Å². The normalized spacial score (nSPS) is 14.0. The summed E-state index contributed by atoms with van der Waals surface area (Å²) >= 11 is 6.37. The largest absolute Gasteiger partial charge is 0.454 e. The van der Waals surface area contributed by atoms with E-state index >= 15 is 0 Å². The van der Waals surface area contributed by atoms with Crippen LogP contribution in [0.1, 0.15) is 51.2 Å². The molecule has 0 radical (unpaired) electrons. The van der Waals surface area contributed by atoms with Crippen molar-refractivity contribution in [1.82, 2.24) is 10.2 Å². The minimum Gasteiger partial charge on any atom is -0.454 e. The van der Waals surface area contributed by atoms with E-state index in [0.29, 0.717) is 29.4 Å². The number of fused-ring (bicyclic) bond motifs is 1. The van der Waals surface area contributed by atoms with Gasteiger partial charge < -0.3 is 19.7 Å². The van der Waals surface area contributed by atoms with Gasteiger partial charge in [0.15, 0.2) is 11.5 Å². The number of benzene rings is 2. The fraction of sp³-hybridized carbons (Fsp3) is 0.440. The Kier molecular flexibility index (Phi) is 8.39. The lowest BCUT2D eigenvalue weighted by Gasteiger charge is -2.31. The van der Waals surface area contributed by atoms with Gasteiger partial charge in [-0.1, -0.05) is 49.7 Å². The predicted octanol–water partition coefficient (Wildman–Crippen LogP) is 4.72. The molecule has 1 aliphatic rings. The van der Waals surface area contributed by atoms with Crippen LogP contribution >= 0.6 is 11.6 Å². The summed E-state index contributed by atoms with van der Waals surface area (Å²) in [5.41, 5.74) is 1.80. The third kappa shape index (κ3) is 5.94. The number of aryl methyl sites for hydroxylation is 1. The lowest BCUT2D eigenvalue weighted by molar-refractivity contribution is -0.141. The number of nitrogens with one attached hydrogen (secondary N) is 1. The standard InChI is InChI=1S/C25H31ClN2O4/c1-4-17(3)27-25(30)21(5-2)28(15-19-8-6-7-9-20(19)26)24(29)13-11-18-10-12-22-23(14-18)32-16-31-22/h6-10,12,14,17,21H,4-5,11,13,15-16H2,1-3H3,(H,27,30)/t17-,21+/m0/s1. The first-order valence-electron chi connectivity index (χ1n) is 11.1. The molecule has 3 rings (SSSR count). The van der Waals surface area contributed by atoms with Crippen molar-refractivity contribution < 1.29 is 19.1 Å². The molecule has 0 bridgehead atoms. The van der Waals surface area contributed by atoms with Gasteiger partial charge in [0.05, 0.1) is 0 Å². The van der Waals surface area contributed by atoms with Gasteiger partial charge in [0.2, 0.25) is 18.6 Å². The molecule has 172 valence electrons. The van der Waals surface area contributed by atoms with Gasteiger partial charge in [-0.15, -0.1) is 0 Å². The summed E-state index contributed by atoms with van der Waals surface area (Å²) in [7, 11) is 0. The summed E-state index contributed by atoms with van der Waals surface area (Å²) in [5, 5.41) is 3.60. The fourth-order valence-corrected chi connectivity index (χ4v) is 3.86. The molecule has 0 aliphatic carbocycles. The molecule has 2 aromatic rings. The van der Waals surface area contributed by atoms with E-state index in [4.69, 9.17) is 21.1 Å². The van der Waals surface area contributed by atoms with Crippen molar-refractivity contribution in [1.29, 1.82) is 0 Å². The lowest BCUT2D eigenvalue weighted by atomic mass is 10.1. The van der Waals surface area contributed by atoms with E-state index in [1.54, 1.807) is 11.0 Å². The molecule has 6 nitrogen and oxygen atoms in total. The summed E-state index contributed by atoms with van der Waals surface area (Å²) < 4.78 is 10.8. The molecule has 2 atom stereocenters. The van der Waals surface area contributed by atoms with Crippen molar-refractivity contribution in [2.24, 2.45) is 0 Å². The summed E-state index contributed by atoms with van der Waals surface area (Å²) in [5.74, 6) is 1.19. The van der Waals surface area contributed by atoms with Gasteiger partial charge in [0, 0.05) is 24.0 Å². The van der Waals surface area contributed by atoms with Gasteiger partial charge in [0.1, 0.15) is 6.04 Å². The second-order valence-corrected chi connectivity index (χ2v) is 8.45. The Morgan fingerprint density at radius 2 is 1.84 bits per heavy atom. The van der Waals surface area contributed by atoms with E-state index < -0.39 is 6.04 Å². The molecule has 2 aromatic carbocycles. The first kappa shape index (κ1) is 23.9. The summed E-state index contributed by atoms with van der Waals surface area (Å²) in [4.78, 5) is 28.0. The topological polar surface area (TPSA) is 67.9 Å². The summed E-state index contributed by atoms with van der Waals surface area (Å²) in [6.45, 7) is 6.40. The number of hydrogen-bond acceptors (Lipinski definition) is 4. The van der Waals surface area contributed by atoms with Crippen LogP contribution < -0.4 is 14.8 Å². The van der Waals surface area contributed by atoms with Gasteiger partial charge in [-0.3, -0.25) is 9.59 Å². The predicted molar refractivity (Wildman–Crippen MR) is 125 cm³/mol. The number of nitrogens with zero attached hydrogens (tertiary/aromatic N) is 1. The highest BCUT2D eigenvalue weighted by atomic mass is 35.5. The van der Waals surface area contributed by atoms with Crippen LogP contribution in [0.25, 0.3) is 0 Å². The average Bonchev–Trinajstić information content (AvgIpc) is 3.26.